The van der Waals surface area contributed by atoms with Crippen molar-refractivity contribution in [3.8, 4) is 0 Å². The van der Waals surface area contributed by atoms with Gasteiger partial charge < -0.3 is 11.1 Å². The smallest absolute Gasteiger partial charge is 0.00390 e. The lowest BCUT2D eigenvalue weighted by molar-refractivity contribution is 0.320. The third-order valence-electron chi connectivity index (χ3n) is 2.38. The van der Waals surface area contributed by atoms with E-state index in [-0.39, 0.29) is 0 Å². The summed E-state index contributed by atoms with van der Waals surface area (Å²) in [5, 5.41) is 3.21. The average Bonchev–Trinajstić information content (AvgIpc) is 2.13. The van der Waals surface area contributed by atoms with Crippen LogP contribution in [0, 0.1) is 5.92 Å². The molecule has 0 aliphatic heterocycles. The number of hydrogen-bond donors (Lipinski definition) is 2. The summed E-state index contributed by atoms with van der Waals surface area (Å²) < 4.78 is 0. The predicted molar refractivity (Wildman–Crippen MR) is 55.2 cm³/mol. The lowest BCUT2D eigenvalue weighted by Gasteiger charge is -2.25. The molecule has 1 rings (SSSR count). The third-order valence-corrected chi connectivity index (χ3v) is 2.38. The van der Waals surface area contributed by atoms with Crippen LogP contribution in [0.1, 0.15) is 39.5 Å². The van der Waals surface area contributed by atoms with Gasteiger partial charge in [-0.25, -0.2) is 0 Å². The van der Waals surface area contributed by atoms with Crippen LogP contribution < -0.4 is 11.1 Å². The Morgan fingerprint density at radius 1 is 1.17 bits per heavy atom. The van der Waals surface area contributed by atoms with Gasteiger partial charge in [0, 0.05) is 6.04 Å². The maximum absolute atomic E-state index is 5.77. The van der Waals surface area contributed by atoms with E-state index in [4.69, 9.17) is 5.73 Å². The van der Waals surface area contributed by atoms with Crippen molar-refractivity contribution in [3.63, 3.8) is 0 Å². The molecule has 0 aromatic rings. The van der Waals surface area contributed by atoms with Gasteiger partial charge in [-0.3, -0.25) is 0 Å². The number of nitrogens with one attached hydrogen (secondary N) is 1. The summed E-state index contributed by atoms with van der Waals surface area (Å²) in [4.78, 5) is 0. The van der Waals surface area contributed by atoms with Gasteiger partial charge >= 0.3 is 0 Å². The monoisotopic (exact) mass is 172 g/mol. The maximum Gasteiger partial charge on any atom is 0.00390 e. The van der Waals surface area contributed by atoms with Gasteiger partial charge in [0.2, 0.25) is 0 Å². The molecule has 2 nitrogen and oxygen atoms in total. The molecule has 0 unspecified atom stereocenters. The van der Waals surface area contributed by atoms with Gasteiger partial charge in [0.15, 0.2) is 0 Å². The zero-order valence-electron chi connectivity index (χ0n) is 8.77. The first-order chi connectivity index (χ1) is 5.83. The van der Waals surface area contributed by atoms with E-state index in [2.05, 4.69) is 5.32 Å². The van der Waals surface area contributed by atoms with Gasteiger partial charge in [-0.05, 0) is 45.2 Å². The molecular formula is C10H24N2. The van der Waals surface area contributed by atoms with Crippen LogP contribution in [0.15, 0.2) is 0 Å². The lowest BCUT2D eigenvalue weighted by Crippen LogP contribution is -2.30. The van der Waals surface area contributed by atoms with Gasteiger partial charge in [-0.2, -0.15) is 0 Å². The highest BCUT2D eigenvalue weighted by atomic mass is 14.8. The maximum atomic E-state index is 5.77. The normalized spacial score (nSPS) is 29.0. The van der Waals surface area contributed by atoms with Crippen molar-refractivity contribution in [3.05, 3.63) is 0 Å². The summed E-state index contributed by atoms with van der Waals surface area (Å²) >= 11 is 0. The Hall–Kier alpha value is -0.0800. The predicted octanol–water partition coefficient (Wildman–Crippen LogP) is 1.75. The molecule has 0 heterocycles. The van der Waals surface area contributed by atoms with Crippen molar-refractivity contribution in [2.24, 2.45) is 11.7 Å². The summed E-state index contributed by atoms with van der Waals surface area (Å²) in [6, 6.07) is 0.494. The minimum atomic E-state index is 0.494. The van der Waals surface area contributed by atoms with E-state index >= 15 is 0 Å². The Morgan fingerprint density at radius 2 is 1.67 bits per heavy atom. The van der Waals surface area contributed by atoms with E-state index in [0.29, 0.717) is 6.04 Å². The molecule has 0 atom stereocenters. The van der Waals surface area contributed by atoms with Gasteiger partial charge in [-0.1, -0.05) is 13.8 Å². The summed E-state index contributed by atoms with van der Waals surface area (Å²) in [5.74, 6) is 0.893. The molecule has 1 fully saturated rings. The molecular weight excluding hydrogens is 148 g/mol. The SMILES string of the molecule is CC.CNCC1CCC(N)CC1. The average molecular weight is 172 g/mol. The molecule has 1 saturated carbocycles. The summed E-state index contributed by atoms with van der Waals surface area (Å²) in [6.07, 6.45) is 5.10. The van der Waals surface area contributed by atoms with Crippen LogP contribution in [-0.2, 0) is 0 Å². The summed E-state index contributed by atoms with van der Waals surface area (Å²) in [6.45, 7) is 5.17. The molecule has 0 aromatic heterocycles. The molecule has 1 aliphatic rings. The highest BCUT2D eigenvalue weighted by Gasteiger charge is 2.16. The van der Waals surface area contributed by atoms with Crippen LogP contribution in [0.2, 0.25) is 0 Å². The van der Waals surface area contributed by atoms with Crippen molar-refractivity contribution < 1.29 is 0 Å². The molecule has 0 spiro atoms. The minimum absolute atomic E-state index is 0.494. The fourth-order valence-electron chi connectivity index (χ4n) is 1.68. The van der Waals surface area contributed by atoms with Gasteiger partial charge in [0.25, 0.3) is 0 Å². The van der Waals surface area contributed by atoms with E-state index in [1.807, 2.05) is 20.9 Å². The zero-order valence-corrected chi connectivity index (χ0v) is 8.77. The van der Waals surface area contributed by atoms with E-state index in [9.17, 15) is 0 Å². The van der Waals surface area contributed by atoms with Crippen molar-refractivity contribution >= 4 is 0 Å². The van der Waals surface area contributed by atoms with E-state index in [1.54, 1.807) is 0 Å². The Kier molecular flexibility index (Phi) is 7.51. The fraction of sp³-hybridized carbons (Fsp3) is 1.00. The van der Waals surface area contributed by atoms with E-state index < -0.39 is 0 Å². The van der Waals surface area contributed by atoms with E-state index in [1.165, 1.54) is 32.2 Å². The summed E-state index contributed by atoms with van der Waals surface area (Å²) in [5.41, 5.74) is 5.77. The van der Waals surface area contributed by atoms with Gasteiger partial charge in [-0.15, -0.1) is 0 Å². The highest BCUT2D eigenvalue weighted by molar-refractivity contribution is 4.74. The largest absolute Gasteiger partial charge is 0.328 e. The second-order valence-electron chi connectivity index (χ2n) is 3.34. The lowest BCUT2D eigenvalue weighted by atomic mass is 9.86. The molecule has 3 N–H and O–H groups in total. The van der Waals surface area contributed by atoms with Crippen LogP contribution in [0.4, 0.5) is 0 Å². The van der Waals surface area contributed by atoms with E-state index in [0.717, 1.165) is 5.92 Å². The Balaban J connectivity index is 0.000000561. The quantitative estimate of drug-likeness (QED) is 0.666. The molecule has 2 heteroatoms. The first kappa shape index (κ1) is 11.9. The number of nitrogens with two attached hydrogens (primary N) is 1. The molecule has 12 heavy (non-hydrogen) atoms. The molecule has 1 aliphatic carbocycles. The molecule has 0 saturated heterocycles. The second kappa shape index (κ2) is 7.56. The van der Waals surface area contributed by atoms with Crippen LogP contribution in [0.5, 0.6) is 0 Å². The summed E-state index contributed by atoms with van der Waals surface area (Å²) in [7, 11) is 2.02. The van der Waals surface area contributed by atoms with Crippen molar-refractivity contribution in [1.29, 1.82) is 0 Å². The fourth-order valence-corrected chi connectivity index (χ4v) is 1.68. The van der Waals surface area contributed by atoms with Crippen molar-refractivity contribution in [2.45, 2.75) is 45.6 Å². The zero-order chi connectivity index (χ0) is 9.40. The van der Waals surface area contributed by atoms with Crippen molar-refractivity contribution in [2.75, 3.05) is 13.6 Å². The Labute approximate surface area is 76.9 Å². The Bertz CT molecular complexity index is 85.8. The topological polar surface area (TPSA) is 38.0 Å². The standard InChI is InChI=1S/C8H18N2.C2H6/c1-10-6-7-2-4-8(9)5-3-7;1-2/h7-8,10H,2-6,9H2,1H3;1-2H3. The van der Waals surface area contributed by atoms with Gasteiger partial charge in [0.1, 0.15) is 0 Å². The van der Waals surface area contributed by atoms with Crippen LogP contribution >= 0.6 is 0 Å². The van der Waals surface area contributed by atoms with Gasteiger partial charge in [0.05, 0.1) is 0 Å². The van der Waals surface area contributed by atoms with Crippen LogP contribution in [0.25, 0.3) is 0 Å². The second-order valence-corrected chi connectivity index (χ2v) is 3.34. The molecule has 74 valence electrons. The highest BCUT2D eigenvalue weighted by Crippen LogP contribution is 2.21. The molecule has 0 aromatic carbocycles. The first-order valence-electron chi connectivity index (χ1n) is 5.23. The number of hydrogen-bond acceptors (Lipinski definition) is 2. The number of rotatable bonds is 2. The minimum Gasteiger partial charge on any atom is -0.328 e. The first-order valence-corrected chi connectivity index (χ1v) is 5.23. The Morgan fingerprint density at radius 3 is 2.08 bits per heavy atom. The third kappa shape index (κ3) is 4.73. The molecule has 0 radical (unpaired) electrons. The molecule has 0 bridgehead atoms. The molecule has 0 amide bonds. The van der Waals surface area contributed by atoms with Crippen molar-refractivity contribution in [1.82, 2.24) is 5.32 Å². The van der Waals surface area contributed by atoms with Crippen LogP contribution in [-0.4, -0.2) is 19.6 Å². The van der Waals surface area contributed by atoms with Crippen LogP contribution in [0.3, 0.4) is 0 Å².